The normalized spacial score (nSPS) is 17.3. The van der Waals surface area contributed by atoms with Crippen molar-refractivity contribution in [2.45, 2.75) is 20.3 Å². The molecule has 1 saturated heterocycles. The van der Waals surface area contributed by atoms with E-state index >= 15 is 0 Å². The molecule has 2 aromatic rings. The second-order valence-electron chi connectivity index (χ2n) is 8.06. The first-order valence-corrected chi connectivity index (χ1v) is 11.2. The zero-order valence-corrected chi connectivity index (χ0v) is 18.8. The maximum Gasteiger partial charge on any atom is 0.282 e. The Hall–Kier alpha value is -3.26. The predicted molar refractivity (Wildman–Crippen MR) is 122 cm³/mol. The summed E-state index contributed by atoms with van der Waals surface area (Å²) in [6.07, 6.45) is 0.872. The van der Waals surface area contributed by atoms with E-state index in [0.29, 0.717) is 36.7 Å². The topological polar surface area (TPSA) is 53.1 Å². The molecule has 2 aliphatic heterocycles. The summed E-state index contributed by atoms with van der Waals surface area (Å²) in [6, 6.07) is 10.1. The monoisotopic (exact) mass is 455 g/mol. The Balaban J connectivity index is 1.73. The Morgan fingerprint density at radius 2 is 1.58 bits per heavy atom. The Morgan fingerprint density at radius 1 is 0.879 bits per heavy atom. The largest absolute Gasteiger partial charge is 0.494 e. The number of nitrogens with zero attached hydrogens (tertiary/aromatic N) is 3. The lowest BCUT2D eigenvalue weighted by Gasteiger charge is -2.36. The van der Waals surface area contributed by atoms with Crippen molar-refractivity contribution in [1.82, 2.24) is 9.80 Å². The molecule has 8 heteroatoms. The third-order valence-electron chi connectivity index (χ3n) is 5.97. The van der Waals surface area contributed by atoms with E-state index in [9.17, 15) is 18.4 Å². The lowest BCUT2D eigenvalue weighted by atomic mass is 10.0. The fourth-order valence-corrected chi connectivity index (χ4v) is 4.16. The van der Waals surface area contributed by atoms with Crippen LogP contribution in [0.1, 0.15) is 25.8 Å². The molecule has 0 aliphatic carbocycles. The van der Waals surface area contributed by atoms with Gasteiger partial charge in [-0.3, -0.25) is 9.59 Å². The molecule has 0 radical (unpaired) electrons. The lowest BCUT2D eigenvalue weighted by molar-refractivity contribution is -0.120. The van der Waals surface area contributed by atoms with Crippen LogP contribution < -0.4 is 9.64 Å². The number of hydrogen-bond donors (Lipinski definition) is 0. The van der Waals surface area contributed by atoms with Gasteiger partial charge in [0.15, 0.2) is 11.6 Å². The van der Waals surface area contributed by atoms with Gasteiger partial charge in [-0.1, -0.05) is 26.0 Å². The summed E-state index contributed by atoms with van der Waals surface area (Å²) in [5.41, 5.74) is 1.14. The summed E-state index contributed by atoms with van der Waals surface area (Å²) >= 11 is 0. The summed E-state index contributed by atoms with van der Waals surface area (Å²) in [5.74, 6) is -2.56. The molecule has 0 atom stereocenters. The van der Waals surface area contributed by atoms with Crippen LogP contribution in [-0.4, -0.2) is 60.9 Å². The molecule has 2 amide bonds. The number of rotatable bonds is 7. The second kappa shape index (κ2) is 9.70. The third-order valence-corrected chi connectivity index (χ3v) is 5.97. The van der Waals surface area contributed by atoms with Gasteiger partial charge in [-0.15, -0.1) is 0 Å². The van der Waals surface area contributed by atoms with Gasteiger partial charge >= 0.3 is 0 Å². The molecule has 6 nitrogen and oxygen atoms in total. The molecule has 2 heterocycles. The zero-order valence-electron chi connectivity index (χ0n) is 18.8. The van der Waals surface area contributed by atoms with Crippen LogP contribution in [0, 0.1) is 11.6 Å². The van der Waals surface area contributed by atoms with E-state index in [4.69, 9.17) is 4.74 Å². The second-order valence-corrected chi connectivity index (χ2v) is 8.06. The first-order valence-electron chi connectivity index (χ1n) is 11.2. The van der Waals surface area contributed by atoms with Crippen molar-refractivity contribution in [3.8, 4) is 5.75 Å². The Morgan fingerprint density at radius 3 is 2.18 bits per heavy atom. The highest BCUT2D eigenvalue weighted by Gasteiger charge is 2.43. The van der Waals surface area contributed by atoms with Crippen LogP contribution in [0.3, 0.4) is 0 Å². The van der Waals surface area contributed by atoms with Crippen LogP contribution >= 0.6 is 0 Å². The molecule has 0 spiro atoms. The summed E-state index contributed by atoms with van der Waals surface area (Å²) < 4.78 is 33.0. The molecule has 0 saturated carbocycles. The average Bonchev–Trinajstić information content (AvgIpc) is 3.09. The summed E-state index contributed by atoms with van der Waals surface area (Å²) in [7, 11) is 0. The van der Waals surface area contributed by atoms with E-state index in [1.807, 2.05) is 11.8 Å². The molecule has 0 unspecified atom stereocenters. The minimum atomic E-state index is -1.11. The fourth-order valence-electron chi connectivity index (χ4n) is 4.16. The predicted octanol–water partition coefficient (Wildman–Crippen LogP) is 3.68. The standard InChI is InChI=1S/C25H27F2N3O3/c1-3-15-33-19-8-5-17(6-9-19)22-23(29-13-11-28(4-2)12-14-29)25(32)30(24(22)31)18-7-10-20(26)21(27)16-18/h5-10,16H,3-4,11-15H2,1-2H3. The van der Waals surface area contributed by atoms with E-state index in [1.165, 1.54) is 6.07 Å². The minimum Gasteiger partial charge on any atom is -0.494 e. The van der Waals surface area contributed by atoms with Crippen molar-refractivity contribution < 1.29 is 23.1 Å². The van der Waals surface area contributed by atoms with Crippen LogP contribution in [0.2, 0.25) is 0 Å². The molecule has 2 aliphatic rings. The van der Waals surface area contributed by atoms with Gasteiger partial charge in [-0.25, -0.2) is 13.7 Å². The number of carbonyl (C=O) groups is 2. The van der Waals surface area contributed by atoms with E-state index in [2.05, 4.69) is 11.8 Å². The summed E-state index contributed by atoms with van der Waals surface area (Å²) in [6.45, 7) is 8.30. The van der Waals surface area contributed by atoms with Crippen LogP contribution in [0.15, 0.2) is 48.2 Å². The maximum atomic E-state index is 13.9. The molecule has 33 heavy (non-hydrogen) atoms. The van der Waals surface area contributed by atoms with Crippen LogP contribution in [0.4, 0.5) is 14.5 Å². The van der Waals surface area contributed by atoms with E-state index in [-0.39, 0.29) is 11.3 Å². The number of amides is 2. The first-order chi connectivity index (χ1) is 15.9. The quantitative estimate of drug-likeness (QED) is 0.597. The van der Waals surface area contributed by atoms with Crippen molar-refractivity contribution >= 4 is 23.1 Å². The Labute approximate surface area is 192 Å². The minimum absolute atomic E-state index is 0.00601. The SMILES string of the molecule is CCCOc1ccc(C2=C(N3CCN(CC)CC3)C(=O)N(c3ccc(F)c(F)c3)C2=O)cc1. The van der Waals surface area contributed by atoms with Crippen molar-refractivity contribution in [3.05, 3.63) is 65.4 Å². The van der Waals surface area contributed by atoms with Gasteiger partial charge < -0.3 is 14.5 Å². The number of carbonyl (C=O) groups excluding carboxylic acids is 2. The molecule has 174 valence electrons. The van der Waals surface area contributed by atoms with Gasteiger partial charge in [0.05, 0.1) is 17.9 Å². The lowest BCUT2D eigenvalue weighted by Crippen LogP contribution is -2.47. The van der Waals surface area contributed by atoms with Crippen LogP contribution in [0.25, 0.3) is 5.57 Å². The highest BCUT2D eigenvalue weighted by molar-refractivity contribution is 6.45. The van der Waals surface area contributed by atoms with Crippen molar-refractivity contribution in [3.63, 3.8) is 0 Å². The molecule has 0 N–H and O–H groups in total. The van der Waals surface area contributed by atoms with Gasteiger partial charge in [0.1, 0.15) is 11.4 Å². The summed E-state index contributed by atoms with van der Waals surface area (Å²) in [5, 5.41) is 0. The van der Waals surface area contributed by atoms with Crippen LogP contribution in [-0.2, 0) is 9.59 Å². The van der Waals surface area contributed by atoms with Gasteiger partial charge in [0.25, 0.3) is 11.8 Å². The van der Waals surface area contributed by atoms with E-state index < -0.39 is 23.4 Å². The van der Waals surface area contributed by atoms with Gasteiger partial charge in [0, 0.05) is 32.2 Å². The number of ether oxygens (including phenoxy) is 1. The van der Waals surface area contributed by atoms with Crippen molar-refractivity contribution in [1.29, 1.82) is 0 Å². The van der Waals surface area contributed by atoms with Crippen molar-refractivity contribution in [2.75, 3.05) is 44.2 Å². The Bertz CT molecular complexity index is 1080. The van der Waals surface area contributed by atoms with E-state index in [1.54, 1.807) is 24.3 Å². The molecule has 0 aromatic heterocycles. The number of piperazine rings is 1. The molecular formula is C25H27F2N3O3. The smallest absolute Gasteiger partial charge is 0.282 e. The highest BCUT2D eigenvalue weighted by atomic mass is 19.2. The number of imide groups is 1. The number of anilines is 1. The zero-order chi connectivity index (χ0) is 23.5. The van der Waals surface area contributed by atoms with Gasteiger partial charge in [0.2, 0.25) is 0 Å². The maximum absolute atomic E-state index is 13.9. The Kier molecular flexibility index (Phi) is 6.74. The average molecular weight is 456 g/mol. The van der Waals surface area contributed by atoms with Gasteiger partial charge in [-0.2, -0.15) is 0 Å². The molecule has 4 rings (SSSR count). The summed E-state index contributed by atoms with van der Waals surface area (Å²) in [4.78, 5) is 32.1. The van der Waals surface area contributed by atoms with Crippen molar-refractivity contribution in [2.24, 2.45) is 0 Å². The fraction of sp³-hybridized carbons (Fsp3) is 0.360. The number of benzene rings is 2. The van der Waals surface area contributed by atoms with Gasteiger partial charge in [-0.05, 0) is 42.8 Å². The first kappa shape index (κ1) is 22.9. The number of likely N-dealkylation sites (N-methyl/N-ethyl adjacent to an activating group) is 1. The van der Waals surface area contributed by atoms with E-state index in [0.717, 1.165) is 43.1 Å². The highest BCUT2D eigenvalue weighted by Crippen LogP contribution is 2.36. The molecule has 1 fully saturated rings. The molecule has 2 aromatic carbocycles. The third kappa shape index (κ3) is 4.48. The van der Waals surface area contributed by atoms with Crippen LogP contribution in [0.5, 0.6) is 5.75 Å². The number of hydrogen-bond acceptors (Lipinski definition) is 5. The molecular weight excluding hydrogens is 428 g/mol. The number of halogens is 2. The molecule has 0 bridgehead atoms.